The molecule has 0 aromatic carbocycles. The van der Waals surface area contributed by atoms with E-state index in [1.807, 2.05) is 6.92 Å². The van der Waals surface area contributed by atoms with Crippen LogP contribution in [0.3, 0.4) is 0 Å². The SMILES string of the molecule is [2H]B(P)S.[2H]B(P)S.[3H]OC[C@H](C)C=O.[3H]OC[C@H](C)CO. The highest BCUT2D eigenvalue weighted by Crippen LogP contribution is 1.85. The summed E-state index contributed by atoms with van der Waals surface area (Å²) in [4.78, 5) is 9.73. The summed E-state index contributed by atoms with van der Waals surface area (Å²) in [6.07, 6.45) is 0.147. The molecule has 0 aliphatic carbocycles. The lowest BCUT2D eigenvalue weighted by atomic mass is 10.2. The quantitative estimate of drug-likeness (QED) is 0.196. The second-order valence-electron chi connectivity index (χ2n) is 3.03. The molecule has 0 heterocycles. The molecule has 10 heteroatoms. The van der Waals surface area contributed by atoms with Crippen LogP contribution in [-0.2, 0) is 4.79 Å². The van der Waals surface area contributed by atoms with Crippen LogP contribution in [-0.4, -0.2) is 59.4 Å². The highest BCUT2D eigenvalue weighted by Gasteiger charge is 1.91. The number of hydrogen-bond donors (Lipinski definition) is 5. The molecule has 110 valence electrons. The molecule has 0 fully saturated rings. The standard InChI is InChI=1S/C4H10O2.C4H8O2.2BH4PS/c2*1-4(2-5)3-6;2*2-1-3/h4-6H,2-3H2,1H3;2,4,6H,3H2,1H3;2*1,3H,2H2/t;4-;;/m.1../s1/i5T;6T;2*1D/t4-;m;;/m01../s1. The molecule has 4 atom stereocenters. The zero-order valence-electron chi connectivity index (χ0n) is 14.7. The lowest BCUT2D eigenvalue weighted by Gasteiger charge is -1.97. The van der Waals surface area contributed by atoms with E-state index in [0.29, 0.717) is 6.61 Å². The van der Waals surface area contributed by atoms with E-state index in [4.69, 9.17) is 10.6 Å². The van der Waals surface area contributed by atoms with Gasteiger partial charge in [-0.05, 0) is 2.67 Å². The number of hydrogen-bond acceptors (Lipinski definition) is 6. The van der Waals surface area contributed by atoms with Crippen molar-refractivity contribution in [3.05, 3.63) is 0 Å². The Morgan fingerprint density at radius 2 is 1.72 bits per heavy atom. The first-order valence-electron chi connectivity index (χ1n) is 7.00. The first kappa shape index (κ1) is 17.3. The van der Waals surface area contributed by atoms with Gasteiger partial charge in [0, 0.05) is 25.0 Å². The summed E-state index contributed by atoms with van der Waals surface area (Å²) in [5.74, 6) is -0.0463. The third-order valence-corrected chi connectivity index (χ3v) is 1.09. The minimum absolute atomic E-state index is 0.0949. The average Bonchev–Trinajstić information content (AvgIpc) is 2.38. The zero-order chi connectivity index (χ0) is 18.6. The molecule has 4 nitrogen and oxygen atoms in total. The third-order valence-electron chi connectivity index (χ3n) is 1.09. The average molecular weight is 340 g/mol. The van der Waals surface area contributed by atoms with E-state index in [-0.39, 0.29) is 37.5 Å². The van der Waals surface area contributed by atoms with E-state index in [9.17, 15) is 4.79 Å². The Morgan fingerprint density at radius 3 is 1.83 bits per heavy atom. The number of aliphatic hydroxyl groups is 3. The molecule has 0 aromatic rings. The van der Waals surface area contributed by atoms with E-state index in [2.05, 4.69) is 53.4 Å². The number of aliphatic hydroxyl groups excluding tert-OH is 3. The molecule has 0 aliphatic heterocycles. The lowest BCUT2D eigenvalue weighted by molar-refractivity contribution is -0.111. The van der Waals surface area contributed by atoms with Gasteiger partial charge < -0.3 is 20.1 Å². The molecule has 0 bridgehead atoms. The molecule has 0 saturated heterocycles. The maximum absolute atomic E-state index is 9.73. The fourth-order valence-electron chi connectivity index (χ4n) is 0.0920. The van der Waals surface area contributed by atoms with Crippen LogP contribution in [0, 0.1) is 11.8 Å². The van der Waals surface area contributed by atoms with Crippen molar-refractivity contribution >= 4 is 62.0 Å². The van der Waals surface area contributed by atoms with Crippen molar-refractivity contribution in [3.8, 4) is 0 Å². The van der Waals surface area contributed by atoms with Gasteiger partial charge in [-0.25, -0.2) is 25.0 Å². The number of carbonyl (C=O) groups is 1. The van der Waals surface area contributed by atoms with Gasteiger partial charge in [-0.3, -0.25) is 0 Å². The summed E-state index contributed by atoms with van der Waals surface area (Å²) in [5.41, 5.74) is 0. The van der Waals surface area contributed by atoms with Crippen LogP contribution in [0.4, 0.5) is 0 Å². The predicted molar refractivity (Wildman–Crippen MR) is 97.3 cm³/mol. The molecule has 2 unspecified atom stereocenters. The number of carbonyl (C=O) groups excluding carboxylic acids is 1. The molecule has 0 spiro atoms. The molecule has 3 N–H and O–H groups in total. The summed E-state index contributed by atoms with van der Waals surface area (Å²) < 4.78 is 25.2. The fraction of sp³-hybridized carbons (Fsp3) is 0.875. The van der Waals surface area contributed by atoms with Crippen LogP contribution in [0.2, 0.25) is 0 Å². The van der Waals surface area contributed by atoms with E-state index < -0.39 is 0 Å². The summed E-state index contributed by atoms with van der Waals surface area (Å²) >= 11 is 7.19. The summed E-state index contributed by atoms with van der Waals surface area (Å²) in [7, 11) is 4.38. The van der Waals surface area contributed by atoms with Gasteiger partial charge in [-0.2, -0.15) is 18.2 Å². The molecule has 0 amide bonds. The van der Waals surface area contributed by atoms with Crippen molar-refractivity contribution in [1.82, 2.24) is 0 Å². The number of thiol groups is 2. The number of rotatable bonds is 6. The van der Waals surface area contributed by atoms with Crippen molar-refractivity contribution in [2.45, 2.75) is 13.8 Å². The summed E-state index contributed by atoms with van der Waals surface area (Å²) in [6.45, 7) is 4.12. The lowest BCUT2D eigenvalue weighted by Crippen LogP contribution is -2.04. The van der Waals surface area contributed by atoms with Gasteiger partial charge in [0.1, 0.15) is 6.29 Å². The summed E-state index contributed by atoms with van der Waals surface area (Å²) in [5, 5.41) is 16.2. The smallest absolute Gasteiger partial charge is 0.210 e. The van der Waals surface area contributed by atoms with Crippen LogP contribution < -0.4 is 0 Å². The first-order valence-corrected chi connectivity index (χ1v) is 7.39. The van der Waals surface area contributed by atoms with E-state index in [1.54, 1.807) is 6.92 Å². The van der Waals surface area contributed by atoms with Gasteiger partial charge in [-0.1, -0.05) is 13.8 Å². The van der Waals surface area contributed by atoms with Crippen molar-refractivity contribution in [1.29, 1.82) is 5.53 Å². The first-order chi connectivity index (χ1) is 10.1. The Balaban J connectivity index is -0.000000102. The highest BCUT2D eigenvalue weighted by atomic mass is 32.1. The zero-order valence-corrected chi connectivity index (χ0v) is 14.8. The third kappa shape index (κ3) is 53.3. The van der Waals surface area contributed by atoms with E-state index in [0.717, 1.165) is 6.29 Å². The van der Waals surface area contributed by atoms with Crippen molar-refractivity contribution in [2.75, 3.05) is 19.8 Å². The van der Waals surface area contributed by atoms with Crippen LogP contribution in [0.25, 0.3) is 0 Å². The maximum atomic E-state index is 9.73. The normalized spacial score (nSPS) is 13.9. The molecular formula is C8H26B2O4P2S2. The molecular weight excluding hydrogens is 308 g/mol. The second-order valence-corrected chi connectivity index (χ2v) is 5.42. The summed E-state index contributed by atoms with van der Waals surface area (Å²) in [6, 6.07) is 0. The van der Waals surface area contributed by atoms with Gasteiger partial charge in [0.25, 0.3) is 0 Å². The Kier molecular flexibility index (Phi) is 29.7. The number of aldehydes is 1. The monoisotopic (exact) mass is 340 g/mol. The predicted octanol–water partition coefficient (Wildman–Crippen LogP) is -0.464. The largest absolute Gasteiger partial charge is 0.396 e. The van der Waals surface area contributed by atoms with Gasteiger partial charge in [0.05, 0.1) is 6.61 Å². The Morgan fingerprint density at radius 1 is 1.33 bits per heavy atom. The van der Waals surface area contributed by atoms with Crippen LogP contribution in [0.15, 0.2) is 0 Å². The van der Waals surface area contributed by atoms with Crippen molar-refractivity contribution in [2.24, 2.45) is 11.8 Å². The molecule has 0 saturated carbocycles. The van der Waals surface area contributed by atoms with Crippen molar-refractivity contribution in [3.63, 3.8) is 0 Å². The Hall–Kier alpha value is 1.24. The van der Waals surface area contributed by atoms with Crippen LogP contribution >= 0.6 is 43.2 Å². The molecule has 0 aromatic heterocycles. The highest BCUT2D eigenvalue weighted by molar-refractivity contribution is 8.20. The topological polar surface area (TPSA) is 77.8 Å². The second kappa shape index (κ2) is 30.9. The molecule has 0 rings (SSSR count). The van der Waals surface area contributed by atoms with E-state index in [1.165, 1.54) is 0 Å². The Bertz CT molecular complexity index is 207. The Labute approximate surface area is 133 Å². The minimum Gasteiger partial charge on any atom is -0.396 e. The van der Waals surface area contributed by atoms with Gasteiger partial charge in [0.2, 0.25) is 15.3 Å². The van der Waals surface area contributed by atoms with Crippen LogP contribution in [0.5, 0.6) is 0 Å². The molecule has 0 radical (unpaired) electrons. The van der Waals surface area contributed by atoms with E-state index >= 15 is 0 Å². The fourth-order valence-corrected chi connectivity index (χ4v) is 0.0920. The minimum atomic E-state index is -0.306. The van der Waals surface area contributed by atoms with Crippen molar-refractivity contribution < 1.29 is 20.1 Å². The molecule has 0 aliphatic rings. The van der Waals surface area contributed by atoms with Crippen LogP contribution in [0.1, 0.15) is 13.8 Å². The maximum Gasteiger partial charge on any atom is 0.210 e. The molecule has 18 heavy (non-hydrogen) atoms. The van der Waals surface area contributed by atoms with Gasteiger partial charge in [0.15, 0.2) is 0 Å². The van der Waals surface area contributed by atoms with Gasteiger partial charge >= 0.3 is 0 Å². The van der Waals surface area contributed by atoms with Gasteiger partial charge in [-0.15, -0.1) is 0 Å².